The highest BCUT2D eigenvalue weighted by atomic mass is 19.1. The third kappa shape index (κ3) is 4.16. The van der Waals surface area contributed by atoms with E-state index in [1.54, 1.807) is 0 Å². The molecule has 0 aliphatic carbocycles. The first-order chi connectivity index (χ1) is 9.04. The molecular formula is C15H22F2N2. The Morgan fingerprint density at radius 3 is 2.53 bits per heavy atom. The molecular weight excluding hydrogens is 246 g/mol. The minimum Gasteiger partial charge on any atom is -0.380 e. The van der Waals surface area contributed by atoms with Crippen LogP contribution in [0.1, 0.15) is 26.7 Å². The molecule has 0 aromatic heterocycles. The van der Waals surface area contributed by atoms with Gasteiger partial charge in [0.25, 0.3) is 0 Å². The van der Waals surface area contributed by atoms with Gasteiger partial charge in [-0.05, 0) is 30.9 Å². The standard InChI is InChI=1S/C15H22F2N2/c1-11(2)10-19-7-5-13(6-8-19)18-15-4-3-12(16)9-14(15)17/h3-4,9,11,13,18H,5-8,10H2,1-2H3. The summed E-state index contributed by atoms with van der Waals surface area (Å²) in [7, 11) is 0. The average Bonchev–Trinajstić information content (AvgIpc) is 2.34. The molecule has 1 aromatic carbocycles. The van der Waals surface area contributed by atoms with Crippen LogP contribution in [-0.2, 0) is 0 Å². The summed E-state index contributed by atoms with van der Waals surface area (Å²) >= 11 is 0. The molecule has 106 valence electrons. The van der Waals surface area contributed by atoms with Crippen molar-refractivity contribution in [1.82, 2.24) is 4.90 Å². The number of benzene rings is 1. The summed E-state index contributed by atoms with van der Waals surface area (Å²) in [4.78, 5) is 2.45. The number of hydrogen-bond acceptors (Lipinski definition) is 2. The van der Waals surface area contributed by atoms with Crippen molar-refractivity contribution in [2.75, 3.05) is 25.0 Å². The summed E-state index contributed by atoms with van der Waals surface area (Å²) in [6.45, 7) is 7.64. The van der Waals surface area contributed by atoms with E-state index in [4.69, 9.17) is 0 Å². The van der Waals surface area contributed by atoms with E-state index in [0.29, 0.717) is 11.6 Å². The smallest absolute Gasteiger partial charge is 0.149 e. The van der Waals surface area contributed by atoms with Crippen molar-refractivity contribution in [3.05, 3.63) is 29.8 Å². The number of piperidine rings is 1. The van der Waals surface area contributed by atoms with Crippen LogP contribution in [0.15, 0.2) is 18.2 Å². The Morgan fingerprint density at radius 2 is 1.95 bits per heavy atom. The molecule has 1 aliphatic rings. The summed E-state index contributed by atoms with van der Waals surface area (Å²) in [5.74, 6) is -0.363. The Labute approximate surface area is 113 Å². The zero-order valence-electron chi connectivity index (χ0n) is 11.6. The number of anilines is 1. The molecule has 0 saturated carbocycles. The van der Waals surface area contributed by atoms with Crippen molar-refractivity contribution in [3.8, 4) is 0 Å². The lowest BCUT2D eigenvalue weighted by Gasteiger charge is -2.33. The molecule has 1 saturated heterocycles. The van der Waals surface area contributed by atoms with Crippen LogP contribution < -0.4 is 5.32 Å². The largest absolute Gasteiger partial charge is 0.380 e. The summed E-state index contributed by atoms with van der Waals surface area (Å²) in [5, 5.41) is 3.18. The van der Waals surface area contributed by atoms with Gasteiger partial charge in [0.1, 0.15) is 11.6 Å². The van der Waals surface area contributed by atoms with Crippen LogP contribution in [0, 0.1) is 17.6 Å². The highest BCUT2D eigenvalue weighted by Gasteiger charge is 2.20. The lowest BCUT2D eigenvalue weighted by Crippen LogP contribution is -2.40. The van der Waals surface area contributed by atoms with Crippen LogP contribution in [-0.4, -0.2) is 30.6 Å². The molecule has 2 nitrogen and oxygen atoms in total. The molecule has 0 bridgehead atoms. The van der Waals surface area contributed by atoms with Gasteiger partial charge >= 0.3 is 0 Å². The van der Waals surface area contributed by atoms with Crippen molar-refractivity contribution < 1.29 is 8.78 Å². The number of nitrogens with zero attached hydrogens (tertiary/aromatic N) is 1. The highest BCUT2D eigenvalue weighted by molar-refractivity contribution is 5.45. The third-order valence-electron chi connectivity index (χ3n) is 3.50. The van der Waals surface area contributed by atoms with Crippen LogP contribution in [0.3, 0.4) is 0 Å². The van der Waals surface area contributed by atoms with E-state index >= 15 is 0 Å². The number of halogens is 2. The molecule has 0 amide bonds. The summed E-state index contributed by atoms with van der Waals surface area (Å²) < 4.78 is 26.4. The molecule has 1 heterocycles. The van der Waals surface area contributed by atoms with Gasteiger partial charge in [-0.25, -0.2) is 8.78 Å². The molecule has 2 rings (SSSR count). The highest BCUT2D eigenvalue weighted by Crippen LogP contribution is 2.20. The molecule has 19 heavy (non-hydrogen) atoms. The topological polar surface area (TPSA) is 15.3 Å². The minimum absolute atomic E-state index is 0.281. The van der Waals surface area contributed by atoms with E-state index < -0.39 is 11.6 Å². The second-order valence-electron chi connectivity index (χ2n) is 5.74. The van der Waals surface area contributed by atoms with Gasteiger partial charge in [-0.2, -0.15) is 0 Å². The Morgan fingerprint density at radius 1 is 1.26 bits per heavy atom. The fourth-order valence-electron chi connectivity index (χ4n) is 2.60. The molecule has 1 fully saturated rings. The van der Waals surface area contributed by atoms with Gasteiger partial charge in [0.2, 0.25) is 0 Å². The zero-order valence-corrected chi connectivity index (χ0v) is 11.6. The summed E-state index contributed by atoms with van der Waals surface area (Å²) in [5.41, 5.74) is 0.406. The lowest BCUT2D eigenvalue weighted by molar-refractivity contribution is 0.198. The Balaban J connectivity index is 1.85. The van der Waals surface area contributed by atoms with E-state index in [0.717, 1.165) is 38.5 Å². The second kappa shape index (κ2) is 6.33. The summed E-state index contributed by atoms with van der Waals surface area (Å²) in [6.07, 6.45) is 2.01. The Kier molecular flexibility index (Phi) is 4.75. The van der Waals surface area contributed by atoms with Crippen LogP contribution in [0.4, 0.5) is 14.5 Å². The fourth-order valence-corrected chi connectivity index (χ4v) is 2.60. The van der Waals surface area contributed by atoms with Gasteiger partial charge in [-0.1, -0.05) is 13.8 Å². The monoisotopic (exact) mass is 268 g/mol. The van der Waals surface area contributed by atoms with Gasteiger partial charge in [0.05, 0.1) is 5.69 Å². The van der Waals surface area contributed by atoms with Gasteiger partial charge in [-0.15, -0.1) is 0 Å². The normalized spacial score (nSPS) is 17.9. The maximum Gasteiger partial charge on any atom is 0.149 e. The van der Waals surface area contributed by atoms with Crippen molar-refractivity contribution in [2.24, 2.45) is 5.92 Å². The van der Waals surface area contributed by atoms with E-state index in [9.17, 15) is 8.78 Å². The molecule has 0 radical (unpaired) electrons. The number of rotatable bonds is 4. The fraction of sp³-hybridized carbons (Fsp3) is 0.600. The first-order valence-electron chi connectivity index (χ1n) is 6.98. The number of nitrogens with one attached hydrogen (secondary N) is 1. The first kappa shape index (κ1) is 14.3. The first-order valence-corrected chi connectivity index (χ1v) is 6.98. The molecule has 0 spiro atoms. The lowest BCUT2D eigenvalue weighted by atomic mass is 10.0. The van der Waals surface area contributed by atoms with Crippen LogP contribution in [0.2, 0.25) is 0 Å². The van der Waals surface area contributed by atoms with Crippen molar-refractivity contribution >= 4 is 5.69 Å². The molecule has 4 heteroatoms. The quantitative estimate of drug-likeness (QED) is 0.899. The molecule has 0 unspecified atom stereocenters. The van der Waals surface area contributed by atoms with Gasteiger partial charge in [-0.3, -0.25) is 0 Å². The number of hydrogen-bond donors (Lipinski definition) is 1. The van der Waals surface area contributed by atoms with Crippen molar-refractivity contribution in [3.63, 3.8) is 0 Å². The van der Waals surface area contributed by atoms with E-state index in [-0.39, 0.29) is 6.04 Å². The SMILES string of the molecule is CC(C)CN1CCC(Nc2ccc(F)cc2F)CC1. The summed E-state index contributed by atoms with van der Waals surface area (Å²) in [6, 6.07) is 3.98. The van der Waals surface area contributed by atoms with Crippen LogP contribution in [0.25, 0.3) is 0 Å². The Bertz CT molecular complexity index is 413. The third-order valence-corrected chi connectivity index (χ3v) is 3.50. The van der Waals surface area contributed by atoms with Gasteiger partial charge < -0.3 is 10.2 Å². The maximum absolute atomic E-state index is 13.5. The van der Waals surface area contributed by atoms with Crippen LogP contribution >= 0.6 is 0 Å². The van der Waals surface area contributed by atoms with E-state index in [1.165, 1.54) is 12.1 Å². The minimum atomic E-state index is -0.533. The second-order valence-corrected chi connectivity index (χ2v) is 5.74. The van der Waals surface area contributed by atoms with Crippen molar-refractivity contribution in [1.29, 1.82) is 0 Å². The molecule has 1 aliphatic heterocycles. The van der Waals surface area contributed by atoms with Gasteiger partial charge in [0, 0.05) is 31.7 Å². The zero-order chi connectivity index (χ0) is 13.8. The van der Waals surface area contributed by atoms with Crippen LogP contribution in [0.5, 0.6) is 0 Å². The van der Waals surface area contributed by atoms with E-state index in [1.807, 2.05) is 0 Å². The maximum atomic E-state index is 13.5. The van der Waals surface area contributed by atoms with Gasteiger partial charge in [0.15, 0.2) is 0 Å². The molecule has 1 N–H and O–H groups in total. The van der Waals surface area contributed by atoms with E-state index in [2.05, 4.69) is 24.1 Å². The average molecular weight is 268 g/mol. The predicted molar refractivity (Wildman–Crippen MR) is 74.3 cm³/mol. The molecule has 1 aromatic rings. The predicted octanol–water partition coefficient (Wildman–Crippen LogP) is 3.50. The van der Waals surface area contributed by atoms with Crippen molar-refractivity contribution in [2.45, 2.75) is 32.7 Å². The number of likely N-dealkylation sites (tertiary alicyclic amines) is 1. The Hall–Kier alpha value is -1.16. The molecule has 0 atom stereocenters.